The van der Waals surface area contributed by atoms with Gasteiger partial charge in [0, 0.05) is 47.8 Å². The summed E-state index contributed by atoms with van der Waals surface area (Å²) in [5, 5.41) is 15.7. The van der Waals surface area contributed by atoms with E-state index in [2.05, 4.69) is 20.3 Å². The molecule has 4 unspecified atom stereocenters. The van der Waals surface area contributed by atoms with Crippen LogP contribution in [0.4, 0.5) is 0 Å². The SMILES string of the molecule is CC(C)C(CC(=O)NCCc1c[nH]c2ccccc12)C(=O)NC(CC(=O)O)C(=O)CNS(=O)(=O)CC12CCC(CC1=O)C2(C)C. The van der Waals surface area contributed by atoms with Crippen molar-refractivity contribution in [2.45, 2.75) is 72.3 Å². The van der Waals surface area contributed by atoms with Crippen LogP contribution in [0.5, 0.6) is 0 Å². The highest BCUT2D eigenvalue weighted by Crippen LogP contribution is 2.64. The van der Waals surface area contributed by atoms with Gasteiger partial charge in [-0.15, -0.1) is 0 Å². The number of carbonyl (C=O) groups excluding carboxylic acids is 4. The minimum absolute atomic E-state index is 0.0850. The highest BCUT2D eigenvalue weighted by Gasteiger charge is 2.65. The van der Waals surface area contributed by atoms with Crippen molar-refractivity contribution in [2.75, 3.05) is 18.8 Å². The normalized spacial score (nSPS) is 22.0. The second-order valence-electron chi connectivity index (χ2n) is 13.4. The molecular formula is C32H44N4O8S. The van der Waals surface area contributed by atoms with Gasteiger partial charge in [-0.3, -0.25) is 24.0 Å². The number of carboxylic acid groups (broad SMARTS) is 1. The van der Waals surface area contributed by atoms with Crippen molar-refractivity contribution in [3.05, 3.63) is 36.0 Å². The number of amides is 2. The first-order chi connectivity index (χ1) is 21.1. The molecule has 0 aliphatic heterocycles. The summed E-state index contributed by atoms with van der Waals surface area (Å²) in [4.78, 5) is 66.6. The minimum Gasteiger partial charge on any atom is -0.481 e. The summed E-state index contributed by atoms with van der Waals surface area (Å²) in [7, 11) is -4.09. The van der Waals surface area contributed by atoms with Gasteiger partial charge in [0.2, 0.25) is 21.8 Å². The molecule has 1 heterocycles. The molecule has 4 atom stereocenters. The standard InChI is InChI=1S/C32H44N4O8S/c1-19(2)23(14-28(39)33-12-10-20-16-34-24-8-6-5-7-22(20)24)30(42)36-25(15-29(40)41)26(37)17-35-45(43,44)18-32-11-9-21(13-27(32)38)31(32,3)4/h5-8,16,19,21,23,25,34-35H,9-15,17-18H2,1-4H3,(H,33,39)(H,36,42)(H,40,41). The fraction of sp³-hybridized carbons (Fsp3) is 0.594. The van der Waals surface area contributed by atoms with E-state index in [9.17, 15) is 37.5 Å². The molecule has 2 aliphatic carbocycles. The maximum atomic E-state index is 13.2. The van der Waals surface area contributed by atoms with E-state index in [0.29, 0.717) is 25.8 Å². The van der Waals surface area contributed by atoms with Crippen LogP contribution in [0.15, 0.2) is 30.5 Å². The highest BCUT2D eigenvalue weighted by atomic mass is 32.2. The fourth-order valence-corrected chi connectivity index (χ4v) is 8.86. The van der Waals surface area contributed by atoms with Gasteiger partial charge in [0.25, 0.3) is 0 Å². The Labute approximate surface area is 263 Å². The van der Waals surface area contributed by atoms with E-state index in [1.807, 2.05) is 44.3 Å². The van der Waals surface area contributed by atoms with Crippen LogP contribution in [0, 0.1) is 28.6 Å². The first-order valence-corrected chi connectivity index (χ1v) is 17.1. The first kappa shape index (κ1) is 34.3. The van der Waals surface area contributed by atoms with Crippen molar-refractivity contribution in [1.29, 1.82) is 0 Å². The molecule has 0 spiro atoms. The molecule has 2 saturated carbocycles. The third-order valence-electron chi connectivity index (χ3n) is 10.1. The van der Waals surface area contributed by atoms with Crippen molar-refractivity contribution in [1.82, 2.24) is 20.3 Å². The van der Waals surface area contributed by atoms with Crippen LogP contribution in [0.1, 0.15) is 65.4 Å². The average molecular weight is 645 g/mol. The Morgan fingerprint density at radius 1 is 1.11 bits per heavy atom. The zero-order chi connectivity index (χ0) is 33.2. The third-order valence-corrected chi connectivity index (χ3v) is 11.5. The molecule has 2 fully saturated rings. The number of hydrogen-bond donors (Lipinski definition) is 5. The van der Waals surface area contributed by atoms with Crippen LogP contribution in [-0.4, -0.2) is 72.7 Å². The molecule has 12 nitrogen and oxygen atoms in total. The Morgan fingerprint density at radius 2 is 1.82 bits per heavy atom. The molecule has 2 aliphatic rings. The van der Waals surface area contributed by atoms with Gasteiger partial charge >= 0.3 is 5.97 Å². The molecule has 4 rings (SSSR count). The smallest absolute Gasteiger partial charge is 0.305 e. The van der Waals surface area contributed by atoms with Crippen molar-refractivity contribution >= 4 is 50.3 Å². The van der Waals surface area contributed by atoms with E-state index in [1.165, 1.54) is 0 Å². The van der Waals surface area contributed by atoms with Gasteiger partial charge in [0.05, 0.1) is 24.8 Å². The van der Waals surface area contributed by atoms with Crippen molar-refractivity contribution < 1.29 is 37.5 Å². The Bertz CT molecular complexity index is 1580. The summed E-state index contributed by atoms with van der Waals surface area (Å²) in [6, 6.07) is 6.30. The maximum absolute atomic E-state index is 13.2. The summed E-state index contributed by atoms with van der Waals surface area (Å²) in [6.07, 6.45) is 3.10. The lowest BCUT2D eigenvalue weighted by Crippen LogP contribution is -2.51. The average Bonchev–Trinajstić information content (AvgIpc) is 3.53. The summed E-state index contributed by atoms with van der Waals surface area (Å²) in [5.74, 6) is -4.82. The van der Waals surface area contributed by atoms with Crippen LogP contribution < -0.4 is 15.4 Å². The minimum atomic E-state index is -4.09. The third kappa shape index (κ3) is 7.46. The lowest BCUT2D eigenvalue weighted by molar-refractivity contribution is -0.141. The first-order valence-electron chi connectivity index (χ1n) is 15.4. The highest BCUT2D eigenvalue weighted by molar-refractivity contribution is 7.89. The number of ketones is 2. The molecule has 13 heteroatoms. The number of H-pyrrole nitrogens is 1. The van der Waals surface area contributed by atoms with Crippen LogP contribution in [0.2, 0.25) is 0 Å². The van der Waals surface area contributed by atoms with Crippen LogP contribution in [0.3, 0.4) is 0 Å². The van der Waals surface area contributed by atoms with E-state index in [-0.39, 0.29) is 29.9 Å². The number of aromatic nitrogens is 1. The number of Topliss-reactive ketones (excluding diaryl/α,β-unsaturated/α-hetero) is 2. The van der Waals surface area contributed by atoms with Gasteiger partial charge in [-0.1, -0.05) is 45.9 Å². The molecule has 0 saturated heterocycles. The predicted octanol–water partition coefficient (Wildman–Crippen LogP) is 2.33. The lowest BCUT2D eigenvalue weighted by Gasteiger charge is -2.36. The lowest BCUT2D eigenvalue weighted by atomic mass is 9.70. The van der Waals surface area contributed by atoms with Crippen LogP contribution in [0.25, 0.3) is 10.9 Å². The number of aliphatic carboxylic acids is 1. The van der Waals surface area contributed by atoms with E-state index in [4.69, 9.17) is 0 Å². The van der Waals surface area contributed by atoms with Crippen molar-refractivity contribution in [3.8, 4) is 0 Å². The zero-order valence-corrected chi connectivity index (χ0v) is 27.1. The number of fused-ring (bicyclic) bond motifs is 3. The number of benzene rings is 1. The predicted molar refractivity (Wildman–Crippen MR) is 167 cm³/mol. The Balaban J connectivity index is 1.33. The van der Waals surface area contributed by atoms with E-state index >= 15 is 0 Å². The van der Waals surface area contributed by atoms with Crippen molar-refractivity contribution in [2.24, 2.45) is 28.6 Å². The number of carboxylic acids is 1. The van der Waals surface area contributed by atoms with Gasteiger partial charge in [-0.2, -0.15) is 0 Å². The van der Waals surface area contributed by atoms with E-state index < -0.39 is 69.2 Å². The molecule has 5 N–H and O–H groups in total. The zero-order valence-electron chi connectivity index (χ0n) is 26.3. The van der Waals surface area contributed by atoms with Crippen molar-refractivity contribution in [3.63, 3.8) is 0 Å². The maximum Gasteiger partial charge on any atom is 0.305 e. The number of para-hydroxylation sites is 1. The molecule has 45 heavy (non-hydrogen) atoms. The summed E-state index contributed by atoms with van der Waals surface area (Å²) in [6.45, 7) is 6.90. The van der Waals surface area contributed by atoms with Gasteiger partial charge < -0.3 is 20.7 Å². The van der Waals surface area contributed by atoms with Crippen LogP contribution >= 0.6 is 0 Å². The van der Waals surface area contributed by atoms with E-state index in [1.54, 1.807) is 13.8 Å². The largest absolute Gasteiger partial charge is 0.481 e. The topological polar surface area (TPSA) is 192 Å². The molecule has 2 aromatic rings. The summed E-state index contributed by atoms with van der Waals surface area (Å²) in [5.41, 5.74) is 0.521. The number of carbonyl (C=O) groups is 5. The molecule has 2 bridgehead atoms. The summed E-state index contributed by atoms with van der Waals surface area (Å²) >= 11 is 0. The van der Waals surface area contributed by atoms with Gasteiger partial charge in [0.1, 0.15) is 5.78 Å². The molecule has 1 aromatic heterocycles. The number of hydrogen-bond acceptors (Lipinski definition) is 7. The van der Waals surface area contributed by atoms with Crippen LogP contribution in [-0.2, 0) is 40.4 Å². The number of aromatic amines is 1. The molecule has 0 radical (unpaired) electrons. The molecule has 246 valence electrons. The fourth-order valence-electron chi connectivity index (χ4n) is 7.06. The van der Waals surface area contributed by atoms with Gasteiger partial charge in [0.15, 0.2) is 5.78 Å². The quantitative estimate of drug-likeness (QED) is 0.184. The number of sulfonamides is 1. The number of rotatable bonds is 16. The Hall–Kier alpha value is -3.58. The second kappa shape index (κ2) is 13.4. The molecule has 1 aromatic carbocycles. The Morgan fingerprint density at radius 3 is 2.44 bits per heavy atom. The second-order valence-corrected chi connectivity index (χ2v) is 15.2. The Kier molecular flexibility index (Phi) is 10.2. The van der Waals surface area contributed by atoms with E-state index in [0.717, 1.165) is 22.9 Å². The van der Waals surface area contributed by atoms with Gasteiger partial charge in [-0.05, 0) is 48.1 Å². The summed E-state index contributed by atoms with van der Waals surface area (Å²) < 4.78 is 28.3. The molecule has 2 amide bonds. The van der Waals surface area contributed by atoms with Gasteiger partial charge in [-0.25, -0.2) is 13.1 Å². The molecular weight excluding hydrogens is 600 g/mol. The number of nitrogens with one attached hydrogen (secondary N) is 4. The monoisotopic (exact) mass is 644 g/mol.